The number of nitrogens with one attached hydrogen (secondary N) is 1. The molecule has 1 aromatic carbocycles. The van der Waals surface area contributed by atoms with E-state index in [9.17, 15) is 4.79 Å². The molecule has 5 heteroatoms. The number of nitrogens with zero attached hydrogens (tertiary/aromatic N) is 2. The molecule has 4 rings (SSSR count). The van der Waals surface area contributed by atoms with Gasteiger partial charge in [-0.25, -0.2) is 4.98 Å². The molecule has 3 aromatic heterocycles. The molecule has 124 valence electrons. The van der Waals surface area contributed by atoms with Gasteiger partial charge in [0.05, 0.1) is 5.39 Å². The number of H-pyrrole nitrogens is 1. The van der Waals surface area contributed by atoms with Gasteiger partial charge in [-0.1, -0.05) is 30.3 Å². The molecule has 3 heterocycles. The van der Waals surface area contributed by atoms with Crippen molar-refractivity contribution >= 4 is 21.6 Å². The third-order valence-electron chi connectivity index (χ3n) is 4.51. The summed E-state index contributed by atoms with van der Waals surface area (Å²) in [5, 5.41) is 2.68. The van der Waals surface area contributed by atoms with Crippen molar-refractivity contribution in [2.45, 2.75) is 20.4 Å². The van der Waals surface area contributed by atoms with Gasteiger partial charge in [-0.05, 0) is 18.6 Å². The Bertz CT molecular complexity index is 1110. The maximum absolute atomic E-state index is 12.7. The molecule has 0 radical (unpaired) electrons. The van der Waals surface area contributed by atoms with Crippen molar-refractivity contribution < 1.29 is 4.57 Å². The largest absolute Gasteiger partial charge is 0.305 e. The molecule has 25 heavy (non-hydrogen) atoms. The fourth-order valence-electron chi connectivity index (χ4n) is 2.98. The number of pyridine rings is 1. The summed E-state index contributed by atoms with van der Waals surface area (Å²) in [6, 6.07) is 14.0. The van der Waals surface area contributed by atoms with Gasteiger partial charge < -0.3 is 4.98 Å². The molecule has 4 nitrogen and oxygen atoms in total. The van der Waals surface area contributed by atoms with Crippen molar-refractivity contribution in [1.82, 2.24) is 9.97 Å². The normalized spacial score (nSPS) is 11.1. The number of benzene rings is 1. The predicted octanol–water partition coefficient (Wildman–Crippen LogP) is 3.60. The Hall–Kier alpha value is -2.79. The number of aryl methyl sites for hydroxylation is 1. The Morgan fingerprint density at radius 1 is 1.12 bits per heavy atom. The van der Waals surface area contributed by atoms with E-state index < -0.39 is 0 Å². The quantitative estimate of drug-likeness (QED) is 0.575. The Labute approximate surface area is 149 Å². The number of thiophene rings is 1. The van der Waals surface area contributed by atoms with Crippen LogP contribution in [0.2, 0.25) is 0 Å². The number of aromatic amines is 1. The number of aromatic nitrogens is 3. The van der Waals surface area contributed by atoms with Crippen molar-refractivity contribution in [1.29, 1.82) is 0 Å². The van der Waals surface area contributed by atoms with Gasteiger partial charge in [-0.3, -0.25) is 4.79 Å². The average Bonchev–Trinajstić information content (AvgIpc) is 3.04. The Morgan fingerprint density at radius 2 is 1.92 bits per heavy atom. The lowest BCUT2D eigenvalue weighted by molar-refractivity contribution is -0.695. The van der Waals surface area contributed by atoms with E-state index in [1.54, 1.807) is 0 Å². The first kappa shape index (κ1) is 15.7. The van der Waals surface area contributed by atoms with Crippen LogP contribution in [-0.4, -0.2) is 9.97 Å². The molecule has 0 aliphatic carbocycles. The summed E-state index contributed by atoms with van der Waals surface area (Å²) in [6.07, 6.45) is 2.01. The molecule has 0 bridgehead atoms. The van der Waals surface area contributed by atoms with Crippen molar-refractivity contribution in [3.63, 3.8) is 0 Å². The molecule has 0 aliphatic heterocycles. The van der Waals surface area contributed by atoms with Gasteiger partial charge in [0.1, 0.15) is 4.83 Å². The van der Waals surface area contributed by atoms with Gasteiger partial charge in [-0.2, -0.15) is 4.57 Å². The standard InChI is InChI=1S/C20H17N3OS/c1-13-7-6-10-23(14(13)2)11-17-21-19(24)18-16(12-25-20(18)22-17)15-8-4-3-5-9-15/h3-10,12H,11H2,1-2H3/p+1. The van der Waals surface area contributed by atoms with Crippen LogP contribution in [0.15, 0.2) is 58.8 Å². The van der Waals surface area contributed by atoms with Gasteiger partial charge in [0.15, 0.2) is 17.7 Å². The zero-order chi connectivity index (χ0) is 17.4. The first-order valence-electron chi connectivity index (χ1n) is 8.15. The second kappa shape index (κ2) is 6.26. The Kier molecular flexibility index (Phi) is 3.93. The first-order valence-corrected chi connectivity index (χ1v) is 9.03. The van der Waals surface area contributed by atoms with E-state index in [4.69, 9.17) is 4.98 Å². The molecule has 0 spiro atoms. The van der Waals surface area contributed by atoms with E-state index in [0.717, 1.165) is 16.0 Å². The van der Waals surface area contributed by atoms with E-state index in [1.807, 2.05) is 48.0 Å². The number of hydrogen-bond acceptors (Lipinski definition) is 3. The van der Waals surface area contributed by atoms with Crippen molar-refractivity contribution in [3.05, 3.63) is 81.5 Å². The Balaban J connectivity index is 1.79. The minimum atomic E-state index is -0.0778. The molecule has 0 saturated heterocycles. The van der Waals surface area contributed by atoms with Gasteiger partial charge in [0.2, 0.25) is 6.54 Å². The SMILES string of the molecule is Cc1ccc[n+](Cc2nc3scc(-c4ccccc4)c3c(=O)[nH]2)c1C. The fourth-order valence-corrected chi connectivity index (χ4v) is 3.95. The van der Waals surface area contributed by atoms with Gasteiger partial charge in [0.25, 0.3) is 5.56 Å². The summed E-state index contributed by atoms with van der Waals surface area (Å²) in [5.74, 6) is 0.678. The number of hydrogen-bond donors (Lipinski definition) is 1. The molecule has 0 saturated carbocycles. The molecule has 0 fully saturated rings. The molecular weight excluding hydrogens is 330 g/mol. The molecular formula is C20H18N3OS+. The second-order valence-electron chi connectivity index (χ2n) is 6.11. The van der Waals surface area contributed by atoms with Crippen LogP contribution in [0.4, 0.5) is 0 Å². The van der Waals surface area contributed by atoms with Crippen LogP contribution >= 0.6 is 11.3 Å². The zero-order valence-electron chi connectivity index (χ0n) is 14.1. The molecule has 0 atom stereocenters. The third kappa shape index (κ3) is 2.87. The summed E-state index contributed by atoms with van der Waals surface area (Å²) in [7, 11) is 0. The van der Waals surface area contributed by atoms with Crippen LogP contribution in [0.5, 0.6) is 0 Å². The van der Waals surface area contributed by atoms with E-state index in [0.29, 0.717) is 17.8 Å². The highest BCUT2D eigenvalue weighted by Crippen LogP contribution is 2.30. The van der Waals surface area contributed by atoms with Crippen molar-refractivity contribution in [2.24, 2.45) is 0 Å². The lowest BCUT2D eigenvalue weighted by Crippen LogP contribution is -2.39. The number of rotatable bonds is 3. The highest BCUT2D eigenvalue weighted by atomic mass is 32.1. The molecule has 0 aliphatic rings. The van der Waals surface area contributed by atoms with E-state index in [2.05, 4.69) is 29.5 Å². The third-order valence-corrected chi connectivity index (χ3v) is 5.38. The molecule has 4 aromatic rings. The van der Waals surface area contributed by atoms with Gasteiger partial charge in [0, 0.05) is 29.5 Å². The highest BCUT2D eigenvalue weighted by molar-refractivity contribution is 7.17. The molecule has 1 N–H and O–H groups in total. The highest BCUT2D eigenvalue weighted by Gasteiger charge is 2.16. The van der Waals surface area contributed by atoms with Crippen LogP contribution < -0.4 is 10.1 Å². The van der Waals surface area contributed by atoms with E-state index in [-0.39, 0.29) is 5.56 Å². The van der Waals surface area contributed by atoms with Crippen molar-refractivity contribution in [2.75, 3.05) is 0 Å². The summed E-state index contributed by atoms with van der Waals surface area (Å²) in [6.45, 7) is 4.71. The lowest BCUT2D eigenvalue weighted by Gasteiger charge is -2.03. The summed E-state index contributed by atoms with van der Waals surface area (Å²) in [5.41, 5.74) is 4.29. The molecule has 0 amide bonds. The van der Waals surface area contributed by atoms with Crippen LogP contribution in [0.1, 0.15) is 17.1 Å². The summed E-state index contributed by atoms with van der Waals surface area (Å²) < 4.78 is 2.10. The first-order chi connectivity index (χ1) is 12.1. The minimum absolute atomic E-state index is 0.0778. The maximum Gasteiger partial charge on any atom is 0.260 e. The van der Waals surface area contributed by atoms with Crippen LogP contribution in [0.3, 0.4) is 0 Å². The minimum Gasteiger partial charge on any atom is -0.305 e. The zero-order valence-corrected chi connectivity index (χ0v) is 14.9. The second-order valence-corrected chi connectivity index (χ2v) is 6.97. The summed E-state index contributed by atoms with van der Waals surface area (Å²) >= 11 is 1.51. The smallest absolute Gasteiger partial charge is 0.260 e. The summed E-state index contributed by atoms with van der Waals surface area (Å²) in [4.78, 5) is 21.1. The Morgan fingerprint density at radius 3 is 2.72 bits per heavy atom. The van der Waals surface area contributed by atoms with Gasteiger partial charge in [-0.15, -0.1) is 11.3 Å². The van der Waals surface area contributed by atoms with E-state index in [1.165, 1.54) is 22.6 Å². The van der Waals surface area contributed by atoms with E-state index >= 15 is 0 Å². The maximum atomic E-state index is 12.7. The lowest BCUT2D eigenvalue weighted by atomic mass is 10.1. The van der Waals surface area contributed by atoms with Crippen LogP contribution in [0.25, 0.3) is 21.3 Å². The average molecular weight is 348 g/mol. The molecule has 0 unspecified atom stereocenters. The predicted molar refractivity (Wildman–Crippen MR) is 101 cm³/mol. The topological polar surface area (TPSA) is 49.6 Å². The van der Waals surface area contributed by atoms with Crippen LogP contribution in [-0.2, 0) is 6.54 Å². The fraction of sp³-hybridized carbons (Fsp3) is 0.150. The van der Waals surface area contributed by atoms with Crippen molar-refractivity contribution in [3.8, 4) is 11.1 Å². The monoisotopic (exact) mass is 348 g/mol. The van der Waals surface area contributed by atoms with Gasteiger partial charge >= 0.3 is 0 Å². The number of fused-ring (bicyclic) bond motifs is 1. The van der Waals surface area contributed by atoms with Crippen LogP contribution in [0, 0.1) is 13.8 Å².